The first-order valence-corrected chi connectivity index (χ1v) is 14.3. The number of para-hydroxylation sites is 1. The number of likely N-dealkylation sites (N-methyl/N-ethyl adjacent to an activating group) is 1. The van der Waals surface area contributed by atoms with Gasteiger partial charge >= 0.3 is 0 Å². The molecule has 0 unspecified atom stereocenters. The van der Waals surface area contributed by atoms with Gasteiger partial charge in [-0.25, -0.2) is 8.42 Å². The van der Waals surface area contributed by atoms with E-state index >= 15 is 0 Å². The van der Waals surface area contributed by atoms with E-state index in [0.29, 0.717) is 24.4 Å². The van der Waals surface area contributed by atoms with E-state index in [0.717, 1.165) is 11.1 Å². The van der Waals surface area contributed by atoms with Gasteiger partial charge in [-0.05, 0) is 55.9 Å². The predicted molar refractivity (Wildman–Crippen MR) is 150 cm³/mol. The summed E-state index contributed by atoms with van der Waals surface area (Å²) in [6, 6.07) is 15.7. The molecule has 0 saturated carbocycles. The van der Waals surface area contributed by atoms with Gasteiger partial charge in [-0.3, -0.25) is 9.88 Å². The fourth-order valence-corrected chi connectivity index (χ4v) is 6.41. The van der Waals surface area contributed by atoms with Crippen LogP contribution in [0.4, 0.5) is 0 Å². The minimum absolute atomic E-state index is 0.0671. The van der Waals surface area contributed by atoms with Crippen LogP contribution in [0, 0.1) is 17.8 Å². The Kier molecular flexibility index (Phi) is 9.25. The van der Waals surface area contributed by atoms with Crippen LogP contribution in [0.3, 0.4) is 0 Å². The fourth-order valence-electron chi connectivity index (χ4n) is 4.58. The molecule has 206 valence electrons. The summed E-state index contributed by atoms with van der Waals surface area (Å²) in [6.45, 7) is 4.87. The summed E-state index contributed by atoms with van der Waals surface area (Å²) >= 11 is 0. The number of aliphatic hydroxyl groups is 1. The molecule has 0 radical (unpaired) electrons. The standard InChI is InChI=1S/C30H35N3O5S/c1-22-18-33(23(2)21-34)39(35,36)30-14-12-24(11-13-26-9-5-6-10-27(26)37-4)16-28(30)38-29(22)20-32(3)19-25-8-7-15-31-17-25/h5-10,12,14-17,22-23,29,34H,18-21H2,1-4H3/t22-,23+,29-/m1/s1. The number of pyridine rings is 1. The molecule has 0 fully saturated rings. The zero-order valence-corrected chi connectivity index (χ0v) is 23.6. The number of fused-ring (bicyclic) bond motifs is 1. The first-order valence-electron chi connectivity index (χ1n) is 12.9. The fraction of sp³-hybridized carbons (Fsp3) is 0.367. The third-order valence-electron chi connectivity index (χ3n) is 6.78. The van der Waals surface area contributed by atoms with Crippen LogP contribution in [-0.4, -0.2) is 73.7 Å². The van der Waals surface area contributed by atoms with Crippen molar-refractivity contribution in [3.05, 3.63) is 83.7 Å². The van der Waals surface area contributed by atoms with Crippen molar-refractivity contribution in [1.29, 1.82) is 0 Å². The van der Waals surface area contributed by atoms with Gasteiger partial charge in [0, 0.05) is 49.6 Å². The molecule has 9 heteroatoms. The second kappa shape index (κ2) is 12.6. The Morgan fingerprint density at radius 3 is 2.72 bits per heavy atom. The number of aromatic nitrogens is 1. The van der Waals surface area contributed by atoms with E-state index < -0.39 is 16.1 Å². The molecule has 1 aliphatic heterocycles. The number of methoxy groups -OCH3 is 1. The Morgan fingerprint density at radius 2 is 2.00 bits per heavy atom. The van der Waals surface area contributed by atoms with E-state index in [1.165, 1.54) is 4.31 Å². The first-order chi connectivity index (χ1) is 18.7. The Balaban J connectivity index is 1.71. The number of nitrogens with zero attached hydrogens (tertiary/aromatic N) is 3. The van der Waals surface area contributed by atoms with Crippen molar-refractivity contribution in [3.63, 3.8) is 0 Å². The molecule has 0 bridgehead atoms. The third kappa shape index (κ3) is 6.78. The molecule has 0 saturated heterocycles. The average molecular weight is 550 g/mol. The molecular weight excluding hydrogens is 514 g/mol. The first kappa shape index (κ1) is 28.6. The van der Waals surface area contributed by atoms with Crippen LogP contribution in [-0.2, 0) is 16.6 Å². The lowest BCUT2D eigenvalue weighted by Crippen LogP contribution is -2.49. The van der Waals surface area contributed by atoms with E-state index in [2.05, 4.69) is 21.7 Å². The number of ether oxygens (including phenoxy) is 2. The average Bonchev–Trinajstić information content (AvgIpc) is 2.94. The van der Waals surface area contributed by atoms with E-state index in [9.17, 15) is 13.5 Å². The number of sulfonamides is 1. The minimum atomic E-state index is -3.92. The summed E-state index contributed by atoms with van der Waals surface area (Å²) < 4.78 is 40.7. The van der Waals surface area contributed by atoms with E-state index in [1.54, 1.807) is 38.4 Å². The Morgan fingerprint density at radius 1 is 1.21 bits per heavy atom. The number of hydrogen-bond acceptors (Lipinski definition) is 7. The summed E-state index contributed by atoms with van der Waals surface area (Å²) in [7, 11) is -0.327. The van der Waals surface area contributed by atoms with Crippen molar-refractivity contribution in [2.45, 2.75) is 37.4 Å². The maximum absolute atomic E-state index is 13.7. The summed E-state index contributed by atoms with van der Waals surface area (Å²) in [5.41, 5.74) is 2.42. The lowest BCUT2D eigenvalue weighted by atomic mass is 10.0. The molecule has 2 heterocycles. The smallest absolute Gasteiger partial charge is 0.247 e. The van der Waals surface area contributed by atoms with Gasteiger partial charge in [0.2, 0.25) is 10.0 Å². The van der Waals surface area contributed by atoms with Crippen LogP contribution in [0.15, 0.2) is 71.9 Å². The molecule has 8 nitrogen and oxygen atoms in total. The van der Waals surface area contributed by atoms with Crippen LogP contribution >= 0.6 is 0 Å². The van der Waals surface area contributed by atoms with Gasteiger partial charge in [0.15, 0.2) is 0 Å². The van der Waals surface area contributed by atoms with Gasteiger partial charge < -0.3 is 14.6 Å². The van der Waals surface area contributed by atoms with Crippen molar-refractivity contribution in [3.8, 4) is 23.3 Å². The lowest BCUT2D eigenvalue weighted by molar-refractivity contribution is 0.0733. The van der Waals surface area contributed by atoms with Gasteiger partial charge in [0.05, 0.1) is 19.3 Å². The SMILES string of the molecule is COc1ccccc1C#Cc1ccc2c(c1)O[C@H](CN(C)Cc1cccnc1)[C@H](C)CN([C@@H](C)CO)S2(=O)=O. The molecule has 0 spiro atoms. The molecule has 0 amide bonds. The highest BCUT2D eigenvalue weighted by Gasteiger charge is 2.38. The van der Waals surface area contributed by atoms with E-state index in [1.807, 2.05) is 56.6 Å². The van der Waals surface area contributed by atoms with E-state index in [-0.39, 0.29) is 35.8 Å². The monoisotopic (exact) mass is 549 g/mol. The normalized spacial score (nSPS) is 19.5. The van der Waals surface area contributed by atoms with Crippen molar-refractivity contribution >= 4 is 10.0 Å². The highest BCUT2D eigenvalue weighted by molar-refractivity contribution is 7.89. The Bertz CT molecular complexity index is 1440. The van der Waals surface area contributed by atoms with Crippen molar-refractivity contribution in [1.82, 2.24) is 14.2 Å². The van der Waals surface area contributed by atoms with Crippen LogP contribution in [0.5, 0.6) is 11.5 Å². The van der Waals surface area contributed by atoms with Crippen LogP contribution in [0.2, 0.25) is 0 Å². The summed E-state index contributed by atoms with van der Waals surface area (Å²) in [5.74, 6) is 7.00. The van der Waals surface area contributed by atoms with Gasteiger partial charge in [-0.2, -0.15) is 4.31 Å². The number of hydrogen-bond donors (Lipinski definition) is 1. The van der Waals surface area contributed by atoms with Crippen LogP contribution < -0.4 is 9.47 Å². The van der Waals surface area contributed by atoms with Gasteiger partial charge in [-0.15, -0.1) is 0 Å². The molecular formula is C30H35N3O5S. The lowest BCUT2D eigenvalue weighted by Gasteiger charge is -2.37. The maximum Gasteiger partial charge on any atom is 0.247 e. The predicted octanol–water partition coefficient (Wildman–Crippen LogP) is 3.39. The molecule has 2 aromatic carbocycles. The van der Waals surface area contributed by atoms with Crippen LogP contribution in [0.1, 0.15) is 30.5 Å². The second-order valence-corrected chi connectivity index (χ2v) is 11.8. The second-order valence-electron chi connectivity index (χ2n) is 9.91. The number of rotatable bonds is 7. The summed E-state index contributed by atoms with van der Waals surface area (Å²) in [5, 5.41) is 9.88. The molecule has 1 aliphatic rings. The summed E-state index contributed by atoms with van der Waals surface area (Å²) in [6.07, 6.45) is 3.26. The molecule has 3 aromatic rings. The number of benzene rings is 2. The highest BCUT2D eigenvalue weighted by atomic mass is 32.2. The quantitative estimate of drug-likeness (QED) is 0.452. The number of aliphatic hydroxyl groups excluding tert-OH is 1. The highest BCUT2D eigenvalue weighted by Crippen LogP contribution is 2.34. The third-order valence-corrected chi connectivity index (χ3v) is 8.80. The van der Waals surface area contributed by atoms with E-state index in [4.69, 9.17) is 9.47 Å². The van der Waals surface area contributed by atoms with Crippen LogP contribution in [0.25, 0.3) is 0 Å². The van der Waals surface area contributed by atoms with Gasteiger partial charge in [-0.1, -0.05) is 37.0 Å². The maximum atomic E-state index is 13.7. The van der Waals surface area contributed by atoms with Crippen molar-refractivity contribution < 1.29 is 23.0 Å². The van der Waals surface area contributed by atoms with Crippen molar-refractivity contribution in [2.75, 3.05) is 33.9 Å². The van der Waals surface area contributed by atoms with Gasteiger partial charge in [0.25, 0.3) is 0 Å². The van der Waals surface area contributed by atoms with Gasteiger partial charge in [0.1, 0.15) is 22.5 Å². The molecule has 39 heavy (non-hydrogen) atoms. The van der Waals surface area contributed by atoms with Crippen molar-refractivity contribution in [2.24, 2.45) is 5.92 Å². The topological polar surface area (TPSA) is 92.2 Å². The Hall–Kier alpha value is -3.42. The molecule has 1 aromatic heterocycles. The molecule has 0 aliphatic carbocycles. The molecule has 1 N–H and O–H groups in total. The molecule has 4 rings (SSSR count). The zero-order valence-electron chi connectivity index (χ0n) is 22.7. The summed E-state index contributed by atoms with van der Waals surface area (Å²) in [4.78, 5) is 6.40. The zero-order chi connectivity index (χ0) is 28.0. The minimum Gasteiger partial charge on any atom is -0.495 e. The Labute approximate surface area is 231 Å². The molecule has 3 atom stereocenters. The largest absolute Gasteiger partial charge is 0.495 e.